The van der Waals surface area contributed by atoms with E-state index in [1.807, 2.05) is 37.3 Å². The summed E-state index contributed by atoms with van der Waals surface area (Å²) in [6.07, 6.45) is 4.55. The Morgan fingerprint density at radius 3 is 2.93 bits per heavy atom. The molecule has 3 aromatic rings. The molecule has 0 saturated heterocycles. The molecule has 2 atom stereocenters. The van der Waals surface area contributed by atoms with Crippen LogP contribution < -0.4 is 10.9 Å². The van der Waals surface area contributed by atoms with Gasteiger partial charge < -0.3 is 5.32 Å². The van der Waals surface area contributed by atoms with Gasteiger partial charge in [0.2, 0.25) is 5.91 Å². The molecule has 0 aliphatic heterocycles. The summed E-state index contributed by atoms with van der Waals surface area (Å²) < 4.78 is 1.43. The molecule has 0 spiro atoms. The summed E-state index contributed by atoms with van der Waals surface area (Å²) in [5.41, 5.74) is 2.08. The molecule has 1 aliphatic rings. The van der Waals surface area contributed by atoms with Crippen molar-refractivity contribution < 1.29 is 4.79 Å². The third kappa shape index (κ3) is 3.54. The maximum Gasteiger partial charge on any atom is 0.262 e. The van der Waals surface area contributed by atoms with E-state index in [9.17, 15) is 9.59 Å². The molecule has 6 heteroatoms. The van der Waals surface area contributed by atoms with Gasteiger partial charge in [-0.2, -0.15) is 0 Å². The average molecular weight is 382 g/mol. The van der Waals surface area contributed by atoms with Crippen LogP contribution >= 0.6 is 11.3 Å². The Hall–Kier alpha value is -2.47. The topological polar surface area (TPSA) is 64.0 Å². The highest BCUT2D eigenvalue weighted by molar-refractivity contribution is 7.18. The van der Waals surface area contributed by atoms with Gasteiger partial charge in [0.1, 0.15) is 11.4 Å². The van der Waals surface area contributed by atoms with Crippen molar-refractivity contribution in [2.75, 3.05) is 0 Å². The minimum atomic E-state index is -0.188. The zero-order chi connectivity index (χ0) is 19.0. The molecule has 0 bridgehead atoms. The number of carbonyl (C=O) groups excluding carboxylic acids is 1. The Kier molecular flexibility index (Phi) is 4.83. The average Bonchev–Trinajstić information content (AvgIpc) is 3.02. The van der Waals surface area contributed by atoms with Crippen LogP contribution in [0.4, 0.5) is 0 Å². The summed E-state index contributed by atoms with van der Waals surface area (Å²) in [5.74, 6) is 0.463. The molecule has 1 aliphatic carbocycles. The number of benzene rings is 1. The molecule has 0 fully saturated rings. The number of hydrogen-bond acceptors (Lipinski definition) is 4. The number of aryl methyl sites for hydroxylation is 1. The van der Waals surface area contributed by atoms with Gasteiger partial charge in [-0.3, -0.25) is 14.2 Å². The Labute approximate surface area is 162 Å². The molecule has 0 unspecified atom stereocenters. The standard InChI is InChI=1S/C21H23N3O2S/c1-13-8-9-16-17(10-13)27-20-19(16)21(26)24(12-22-20)11-18(25)23-14(2)15-6-4-3-5-7-15/h3-7,12-14H,8-11H2,1-2H3,(H,23,25)/t13-,14-/m1/s1. The summed E-state index contributed by atoms with van der Waals surface area (Å²) >= 11 is 1.63. The fraction of sp³-hybridized carbons (Fsp3) is 0.381. The molecule has 5 nitrogen and oxygen atoms in total. The van der Waals surface area contributed by atoms with Gasteiger partial charge in [-0.1, -0.05) is 37.3 Å². The molecular weight excluding hydrogens is 358 g/mol. The first-order chi connectivity index (χ1) is 13.0. The Morgan fingerprint density at radius 2 is 2.15 bits per heavy atom. The minimum absolute atomic E-state index is 0.0139. The van der Waals surface area contributed by atoms with Crippen molar-refractivity contribution in [3.05, 3.63) is 63.0 Å². The van der Waals surface area contributed by atoms with Crippen LogP contribution in [0.1, 0.15) is 42.3 Å². The third-order valence-electron chi connectivity index (χ3n) is 5.27. The first-order valence-corrected chi connectivity index (χ1v) is 10.2. The number of hydrogen-bond donors (Lipinski definition) is 1. The van der Waals surface area contributed by atoms with Gasteiger partial charge in [-0.25, -0.2) is 4.98 Å². The van der Waals surface area contributed by atoms with E-state index in [0.717, 1.165) is 35.2 Å². The molecular formula is C21H23N3O2S. The quantitative estimate of drug-likeness (QED) is 0.753. The number of nitrogens with zero attached hydrogens (tertiary/aromatic N) is 2. The maximum absolute atomic E-state index is 13.0. The van der Waals surface area contributed by atoms with Crippen molar-refractivity contribution >= 4 is 27.5 Å². The van der Waals surface area contributed by atoms with Crippen molar-refractivity contribution in [3.63, 3.8) is 0 Å². The second-order valence-corrected chi connectivity index (χ2v) is 8.49. The van der Waals surface area contributed by atoms with Gasteiger partial charge in [0.25, 0.3) is 5.56 Å². The number of thiophene rings is 1. The number of nitrogens with one attached hydrogen (secondary N) is 1. The van der Waals surface area contributed by atoms with E-state index in [-0.39, 0.29) is 24.1 Å². The number of amides is 1. The second-order valence-electron chi connectivity index (χ2n) is 7.41. The lowest BCUT2D eigenvalue weighted by atomic mass is 9.89. The van der Waals surface area contributed by atoms with E-state index in [2.05, 4.69) is 17.2 Å². The van der Waals surface area contributed by atoms with Gasteiger partial charge >= 0.3 is 0 Å². The summed E-state index contributed by atoms with van der Waals surface area (Å²) in [6, 6.07) is 9.68. The predicted molar refractivity (Wildman–Crippen MR) is 108 cm³/mol. The Balaban J connectivity index is 1.56. The molecule has 140 valence electrons. The van der Waals surface area contributed by atoms with Gasteiger partial charge in [0.15, 0.2) is 0 Å². The highest BCUT2D eigenvalue weighted by Crippen LogP contribution is 2.35. The largest absolute Gasteiger partial charge is 0.348 e. The predicted octanol–water partition coefficient (Wildman–Crippen LogP) is 3.46. The van der Waals surface area contributed by atoms with E-state index < -0.39 is 0 Å². The van der Waals surface area contributed by atoms with Crippen LogP contribution in [0.15, 0.2) is 41.5 Å². The van der Waals surface area contributed by atoms with Crippen LogP contribution in [-0.2, 0) is 24.2 Å². The van der Waals surface area contributed by atoms with Crippen molar-refractivity contribution in [1.82, 2.24) is 14.9 Å². The lowest BCUT2D eigenvalue weighted by Gasteiger charge is -2.17. The SMILES string of the molecule is C[C@@H]1CCc2c(sc3ncn(CC(=O)N[C@H](C)c4ccccc4)c(=O)c23)C1. The molecule has 2 heterocycles. The lowest BCUT2D eigenvalue weighted by Crippen LogP contribution is -2.34. The zero-order valence-electron chi connectivity index (χ0n) is 15.6. The molecule has 27 heavy (non-hydrogen) atoms. The number of carbonyl (C=O) groups is 1. The molecule has 2 aromatic heterocycles. The van der Waals surface area contributed by atoms with Crippen LogP contribution in [0.5, 0.6) is 0 Å². The smallest absolute Gasteiger partial charge is 0.262 e. The summed E-state index contributed by atoms with van der Waals surface area (Å²) in [4.78, 5) is 32.0. The van der Waals surface area contributed by atoms with Gasteiger partial charge in [0, 0.05) is 4.88 Å². The van der Waals surface area contributed by atoms with E-state index in [0.29, 0.717) is 11.3 Å². The van der Waals surface area contributed by atoms with Crippen molar-refractivity contribution in [3.8, 4) is 0 Å². The van der Waals surface area contributed by atoms with Gasteiger partial charge in [-0.05, 0) is 43.2 Å². The molecule has 1 N–H and O–H groups in total. The van der Waals surface area contributed by atoms with Gasteiger partial charge in [0.05, 0.1) is 17.8 Å². The van der Waals surface area contributed by atoms with E-state index >= 15 is 0 Å². The summed E-state index contributed by atoms with van der Waals surface area (Å²) in [7, 11) is 0. The highest BCUT2D eigenvalue weighted by atomic mass is 32.1. The highest BCUT2D eigenvalue weighted by Gasteiger charge is 2.23. The van der Waals surface area contributed by atoms with Crippen LogP contribution in [0, 0.1) is 5.92 Å². The molecule has 4 rings (SSSR count). The molecule has 1 aromatic carbocycles. The summed E-state index contributed by atoms with van der Waals surface area (Å²) in [6.45, 7) is 4.17. The van der Waals surface area contributed by atoms with Crippen LogP contribution in [0.25, 0.3) is 10.2 Å². The van der Waals surface area contributed by atoms with Crippen LogP contribution in [0.3, 0.4) is 0 Å². The monoisotopic (exact) mass is 381 g/mol. The fourth-order valence-corrected chi connectivity index (χ4v) is 5.09. The van der Waals surface area contributed by atoms with Crippen molar-refractivity contribution in [1.29, 1.82) is 0 Å². The third-order valence-corrected chi connectivity index (χ3v) is 6.44. The molecule has 1 amide bonds. The van der Waals surface area contributed by atoms with E-state index in [1.54, 1.807) is 11.3 Å². The van der Waals surface area contributed by atoms with E-state index in [4.69, 9.17) is 0 Å². The Bertz CT molecular complexity index is 1040. The van der Waals surface area contributed by atoms with Crippen LogP contribution in [-0.4, -0.2) is 15.5 Å². The maximum atomic E-state index is 13.0. The van der Waals surface area contributed by atoms with Crippen molar-refractivity contribution in [2.45, 2.75) is 45.7 Å². The number of rotatable bonds is 4. The first-order valence-electron chi connectivity index (χ1n) is 9.37. The summed E-state index contributed by atoms with van der Waals surface area (Å²) in [5, 5.41) is 3.67. The van der Waals surface area contributed by atoms with Gasteiger partial charge in [-0.15, -0.1) is 11.3 Å². The minimum Gasteiger partial charge on any atom is -0.348 e. The lowest BCUT2D eigenvalue weighted by molar-refractivity contribution is -0.122. The fourth-order valence-electron chi connectivity index (χ4n) is 3.75. The molecule has 0 radical (unpaired) electrons. The number of fused-ring (bicyclic) bond motifs is 3. The van der Waals surface area contributed by atoms with Crippen molar-refractivity contribution in [2.24, 2.45) is 5.92 Å². The van der Waals surface area contributed by atoms with E-state index in [1.165, 1.54) is 15.8 Å². The first kappa shape index (κ1) is 17.9. The molecule has 0 saturated carbocycles. The number of aromatic nitrogens is 2. The normalized spacial score (nSPS) is 17.5. The van der Waals surface area contributed by atoms with Crippen LogP contribution in [0.2, 0.25) is 0 Å². The second kappa shape index (κ2) is 7.27. The zero-order valence-corrected chi connectivity index (χ0v) is 16.4. The Morgan fingerprint density at radius 1 is 1.37 bits per heavy atom.